The number of hydrogen-bond acceptors (Lipinski definition) is 3. The van der Waals surface area contributed by atoms with E-state index in [1.165, 1.54) is 5.56 Å². The van der Waals surface area contributed by atoms with E-state index in [9.17, 15) is 0 Å². The highest BCUT2D eigenvalue weighted by Gasteiger charge is 2.23. The normalized spacial score (nSPS) is 17.2. The van der Waals surface area contributed by atoms with Gasteiger partial charge in [0, 0.05) is 36.8 Å². The summed E-state index contributed by atoms with van der Waals surface area (Å²) in [5.41, 5.74) is 2.40. The van der Waals surface area contributed by atoms with Gasteiger partial charge in [0.2, 0.25) is 0 Å². The molecule has 1 unspecified atom stereocenters. The number of ether oxygens (including phenoxy) is 1. The molecule has 0 bridgehead atoms. The van der Waals surface area contributed by atoms with E-state index >= 15 is 0 Å². The maximum Gasteiger partial charge on any atom is 0.122 e. The Hall–Kier alpha value is -1.81. The first kappa shape index (κ1) is 13.2. The third-order valence-electron chi connectivity index (χ3n) is 3.61. The molecule has 0 saturated heterocycles. The van der Waals surface area contributed by atoms with Crippen LogP contribution in [0.15, 0.2) is 36.8 Å². The van der Waals surface area contributed by atoms with Crippen LogP contribution in [0.2, 0.25) is 0 Å². The summed E-state index contributed by atoms with van der Waals surface area (Å²) in [6.07, 6.45) is 4.04. The average molecular weight is 271 g/mol. The molecule has 1 aliphatic heterocycles. The summed E-state index contributed by atoms with van der Waals surface area (Å²) in [6, 6.07) is 8.78. The van der Waals surface area contributed by atoms with Crippen molar-refractivity contribution < 1.29 is 4.74 Å². The molecule has 3 rings (SSSR count). The third kappa shape index (κ3) is 2.85. The van der Waals surface area contributed by atoms with Crippen LogP contribution in [0.1, 0.15) is 31.0 Å². The minimum absolute atomic E-state index is 0.423. The van der Waals surface area contributed by atoms with Crippen molar-refractivity contribution in [1.29, 1.82) is 0 Å². The van der Waals surface area contributed by atoms with E-state index in [1.54, 1.807) is 0 Å². The van der Waals surface area contributed by atoms with Crippen LogP contribution in [0, 0.1) is 0 Å². The summed E-state index contributed by atoms with van der Waals surface area (Å²) >= 11 is 0. The van der Waals surface area contributed by atoms with Crippen molar-refractivity contribution in [3.05, 3.63) is 48.0 Å². The molecule has 0 spiro atoms. The summed E-state index contributed by atoms with van der Waals surface area (Å²) in [6.45, 7) is 6.79. The summed E-state index contributed by atoms with van der Waals surface area (Å²) in [7, 11) is 0. The van der Waals surface area contributed by atoms with Gasteiger partial charge < -0.3 is 14.6 Å². The molecule has 20 heavy (non-hydrogen) atoms. The monoisotopic (exact) mass is 271 g/mol. The maximum atomic E-state index is 5.72. The lowest BCUT2D eigenvalue weighted by atomic mass is 10.0. The molecule has 0 saturated carbocycles. The Morgan fingerprint density at radius 3 is 3.10 bits per heavy atom. The van der Waals surface area contributed by atoms with Crippen LogP contribution in [-0.4, -0.2) is 22.2 Å². The highest BCUT2D eigenvalue weighted by Crippen LogP contribution is 2.34. The third-order valence-corrected chi connectivity index (χ3v) is 3.61. The number of imidazole rings is 1. The van der Waals surface area contributed by atoms with Crippen LogP contribution >= 0.6 is 0 Å². The zero-order chi connectivity index (χ0) is 13.9. The van der Waals surface area contributed by atoms with Gasteiger partial charge in [-0.2, -0.15) is 0 Å². The minimum Gasteiger partial charge on any atom is -0.493 e. The van der Waals surface area contributed by atoms with Crippen molar-refractivity contribution in [2.45, 2.75) is 38.9 Å². The van der Waals surface area contributed by atoms with Crippen LogP contribution in [0.3, 0.4) is 0 Å². The van der Waals surface area contributed by atoms with E-state index in [2.05, 4.69) is 47.0 Å². The zero-order valence-corrected chi connectivity index (χ0v) is 12.0. The lowest BCUT2D eigenvalue weighted by Crippen LogP contribution is -2.21. The SMILES string of the molecule is CC(C)NCc1cn(CC2COc3ccccc32)cn1. The maximum absolute atomic E-state index is 5.72. The Balaban J connectivity index is 1.64. The second-order valence-electron chi connectivity index (χ2n) is 5.64. The fourth-order valence-electron chi connectivity index (χ4n) is 2.54. The van der Waals surface area contributed by atoms with Gasteiger partial charge in [-0.25, -0.2) is 4.98 Å². The highest BCUT2D eigenvalue weighted by molar-refractivity contribution is 5.39. The van der Waals surface area contributed by atoms with E-state index in [4.69, 9.17) is 4.74 Å². The second-order valence-corrected chi connectivity index (χ2v) is 5.64. The fourth-order valence-corrected chi connectivity index (χ4v) is 2.54. The molecule has 1 aromatic heterocycles. The van der Waals surface area contributed by atoms with Gasteiger partial charge in [-0.05, 0) is 6.07 Å². The number of benzene rings is 1. The molecule has 0 radical (unpaired) electrons. The molecule has 106 valence electrons. The molecule has 4 heteroatoms. The first-order chi connectivity index (χ1) is 9.72. The fraction of sp³-hybridized carbons (Fsp3) is 0.438. The molecule has 1 aromatic carbocycles. The largest absolute Gasteiger partial charge is 0.493 e. The predicted octanol–water partition coefficient (Wildman–Crippen LogP) is 2.56. The summed E-state index contributed by atoms with van der Waals surface area (Å²) in [4.78, 5) is 4.45. The smallest absolute Gasteiger partial charge is 0.122 e. The topological polar surface area (TPSA) is 39.1 Å². The van der Waals surface area contributed by atoms with E-state index < -0.39 is 0 Å². The zero-order valence-electron chi connectivity index (χ0n) is 12.0. The van der Waals surface area contributed by atoms with Gasteiger partial charge in [0.25, 0.3) is 0 Å². The predicted molar refractivity (Wildman–Crippen MR) is 78.9 cm³/mol. The Labute approximate surface area is 119 Å². The van der Waals surface area contributed by atoms with Crippen LogP contribution in [0.25, 0.3) is 0 Å². The van der Waals surface area contributed by atoms with Gasteiger partial charge in [0.1, 0.15) is 5.75 Å². The van der Waals surface area contributed by atoms with Crippen LogP contribution in [0.5, 0.6) is 5.75 Å². The van der Waals surface area contributed by atoms with Gasteiger partial charge in [-0.1, -0.05) is 32.0 Å². The van der Waals surface area contributed by atoms with Crippen LogP contribution < -0.4 is 10.1 Å². The van der Waals surface area contributed by atoms with Gasteiger partial charge in [0.15, 0.2) is 0 Å². The first-order valence-corrected chi connectivity index (χ1v) is 7.18. The molecule has 2 aromatic rings. The lowest BCUT2D eigenvalue weighted by Gasteiger charge is -2.09. The van der Waals surface area contributed by atoms with Crippen LogP contribution in [-0.2, 0) is 13.1 Å². The molecule has 1 N–H and O–H groups in total. The molecule has 2 heterocycles. The molecule has 1 atom stereocenters. The molecule has 0 aliphatic carbocycles. The van der Waals surface area contributed by atoms with Crippen molar-refractivity contribution in [1.82, 2.24) is 14.9 Å². The number of fused-ring (bicyclic) bond motifs is 1. The van der Waals surface area contributed by atoms with E-state index in [0.717, 1.165) is 31.1 Å². The number of para-hydroxylation sites is 1. The average Bonchev–Trinajstić information content (AvgIpc) is 3.05. The number of hydrogen-bond donors (Lipinski definition) is 1. The Morgan fingerprint density at radius 2 is 2.25 bits per heavy atom. The number of rotatable bonds is 5. The van der Waals surface area contributed by atoms with Gasteiger partial charge >= 0.3 is 0 Å². The van der Waals surface area contributed by atoms with Gasteiger partial charge in [-0.3, -0.25) is 0 Å². The molecule has 0 amide bonds. The van der Waals surface area contributed by atoms with Crippen LogP contribution in [0.4, 0.5) is 0 Å². The first-order valence-electron chi connectivity index (χ1n) is 7.18. The Morgan fingerprint density at radius 1 is 1.40 bits per heavy atom. The van der Waals surface area contributed by atoms with Gasteiger partial charge in [-0.15, -0.1) is 0 Å². The number of nitrogens with one attached hydrogen (secondary N) is 1. The molecule has 1 aliphatic rings. The molecular formula is C16H21N3O. The summed E-state index contributed by atoms with van der Waals surface area (Å²) < 4.78 is 7.88. The summed E-state index contributed by atoms with van der Waals surface area (Å²) in [5.74, 6) is 1.45. The standard InChI is InChI=1S/C16H21N3O/c1-12(2)17-7-14-9-19(11-18-14)8-13-10-20-16-6-4-3-5-15(13)16/h3-6,9,11-13,17H,7-8,10H2,1-2H3. The highest BCUT2D eigenvalue weighted by atomic mass is 16.5. The van der Waals surface area contributed by atoms with Crippen molar-refractivity contribution in [3.63, 3.8) is 0 Å². The Bertz CT molecular complexity index is 577. The summed E-state index contributed by atoms with van der Waals surface area (Å²) in [5, 5.41) is 3.38. The van der Waals surface area contributed by atoms with Crippen molar-refractivity contribution in [3.8, 4) is 5.75 Å². The molecule has 4 nitrogen and oxygen atoms in total. The second kappa shape index (κ2) is 5.67. The number of aromatic nitrogens is 2. The van der Waals surface area contributed by atoms with Gasteiger partial charge in [0.05, 0.1) is 18.6 Å². The Kier molecular flexibility index (Phi) is 3.74. The van der Waals surface area contributed by atoms with Crippen molar-refractivity contribution in [2.75, 3.05) is 6.61 Å². The van der Waals surface area contributed by atoms with E-state index in [0.29, 0.717) is 12.0 Å². The quantitative estimate of drug-likeness (QED) is 0.908. The molecule has 0 fully saturated rings. The number of nitrogens with zero attached hydrogens (tertiary/aromatic N) is 2. The lowest BCUT2D eigenvalue weighted by molar-refractivity contribution is 0.319. The van der Waals surface area contributed by atoms with Crippen molar-refractivity contribution >= 4 is 0 Å². The van der Waals surface area contributed by atoms with E-state index in [1.807, 2.05) is 18.5 Å². The van der Waals surface area contributed by atoms with Crippen molar-refractivity contribution in [2.24, 2.45) is 0 Å². The minimum atomic E-state index is 0.423. The van der Waals surface area contributed by atoms with E-state index in [-0.39, 0.29) is 0 Å². The molecular weight excluding hydrogens is 250 g/mol.